The number of aromatic nitrogens is 4. The molecule has 1 unspecified atom stereocenters. The lowest BCUT2D eigenvalue weighted by molar-refractivity contribution is -0.134. The Morgan fingerprint density at radius 3 is 2.29 bits per heavy atom. The molecule has 5 rings (SSSR count). The van der Waals surface area contributed by atoms with Gasteiger partial charge in [0, 0.05) is 12.2 Å². The molecule has 3 heterocycles. The van der Waals surface area contributed by atoms with Gasteiger partial charge >= 0.3 is 18.7 Å². The summed E-state index contributed by atoms with van der Waals surface area (Å²) in [5.74, 6) is 0.305. The molecule has 5 N–H and O–H groups in total. The highest BCUT2D eigenvalue weighted by Crippen LogP contribution is 2.57. The number of esters is 2. The van der Waals surface area contributed by atoms with Gasteiger partial charge in [0.1, 0.15) is 29.6 Å². The lowest BCUT2D eigenvalue weighted by atomic mass is 10.1. The fourth-order valence-corrected chi connectivity index (χ4v) is 7.88. The summed E-state index contributed by atoms with van der Waals surface area (Å²) < 4.78 is 36.8. The summed E-state index contributed by atoms with van der Waals surface area (Å²) in [7, 11) is 0. The van der Waals surface area contributed by atoms with Crippen LogP contribution in [0.5, 0.6) is 11.5 Å². The summed E-state index contributed by atoms with van der Waals surface area (Å²) in [5.41, 5.74) is 13.5. The van der Waals surface area contributed by atoms with E-state index in [9.17, 15) is 19.0 Å². The smallest absolute Gasteiger partial charge is 0.386 e. The van der Waals surface area contributed by atoms with Gasteiger partial charge in [0.25, 0.3) is 0 Å². The molecule has 0 radical (unpaired) electrons. The summed E-state index contributed by atoms with van der Waals surface area (Å²) in [6.45, 7) is -3.27. The van der Waals surface area contributed by atoms with Crippen molar-refractivity contribution in [3.63, 3.8) is 0 Å². The molecule has 51 heavy (non-hydrogen) atoms. The van der Waals surface area contributed by atoms with Gasteiger partial charge in [-0.2, -0.15) is 0 Å². The minimum absolute atomic E-state index is 0.0455. The van der Waals surface area contributed by atoms with Crippen molar-refractivity contribution in [2.75, 3.05) is 18.9 Å². The number of carbonyl (C=O) groups is 2. The molecular weight excluding hydrogens is 695 g/mol. The highest BCUT2D eigenvalue weighted by Gasteiger charge is 2.31. The summed E-state index contributed by atoms with van der Waals surface area (Å²) in [6, 6.07) is 12.9. The van der Waals surface area contributed by atoms with Gasteiger partial charge < -0.3 is 30.6 Å². The van der Waals surface area contributed by atoms with E-state index < -0.39 is 12.8 Å². The molecule has 16 heteroatoms. The van der Waals surface area contributed by atoms with E-state index in [0.717, 1.165) is 49.2 Å². The van der Waals surface area contributed by atoms with Crippen molar-refractivity contribution in [1.29, 1.82) is 0 Å². The van der Waals surface area contributed by atoms with Gasteiger partial charge in [0.05, 0.1) is 24.6 Å². The molecule has 0 bridgehead atoms. The molecule has 0 saturated carbocycles. The quantitative estimate of drug-likeness (QED) is 0.0372. The van der Waals surface area contributed by atoms with Crippen molar-refractivity contribution in [2.24, 2.45) is 5.73 Å². The Labute approximate surface area is 300 Å². The minimum Gasteiger partial charge on any atom is -0.427 e. The summed E-state index contributed by atoms with van der Waals surface area (Å²) in [6.07, 6.45) is 12.6. The van der Waals surface area contributed by atoms with E-state index in [4.69, 9.17) is 30.2 Å². The maximum Gasteiger partial charge on any atom is 0.386 e. The second-order valence-corrected chi connectivity index (χ2v) is 16.2. The molecule has 274 valence electrons. The second kappa shape index (κ2) is 19.1. The van der Waals surface area contributed by atoms with Gasteiger partial charge in [0.2, 0.25) is 0 Å². The number of ether oxygens (including phenoxy) is 3. The van der Waals surface area contributed by atoms with E-state index in [0.29, 0.717) is 47.5 Å². The van der Waals surface area contributed by atoms with Crippen LogP contribution in [-0.4, -0.2) is 55.6 Å². The van der Waals surface area contributed by atoms with Gasteiger partial charge in [-0.15, -0.1) is 0 Å². The van der Waals surface area contributed by atoms with E-state index in [1.807, 2.05) is 0 Å². The molecule has 1 saturated heterocycles. The van der Waals surface area contributed by atoms with Crippen LogP contribution in [0.2, 0.25) is 0 Å². The topological polar surface area (TPSA) is 204 Å². The number of benzene rings is 2. The summed E-state index contributed by atoms with van der Waals surface area (Å²) in [5, 5.41) is 0. The second-order valence-electron chi connectivity index (χ2n) is 12.3. The fourth-order valence-electron chi connectivity index (χ4n) is 5.60. The van der Waals surface area contributed by atoms with Crippen LogP contribution >= 0.6 is 18.2 Å². The number of hydrogen-bond acceptors (Lipinski definition) is 13. The lowest BCUT2D eigenvalue weighted by Gasteiger charge is -2.17. The van der Waals surface area contributed by atoms with Crippen LogP contribution < -0.4 is 20.9 Å². The van der Waals surface area contributed by atoms with Crippen LogP contribution in [0.25, 0.3) is 11.2 Å². The monoisotopic (exact) mass is 740 g/mol. The van der Waals surface area contributed by atoms with Gasteiger partial charge in [-0.1, -0.05) is 50.7 Å². The lowest BCUT2D eigenvalue weighted by Crippen LogP contribution is -2.16. The van der Waals surface area contributed by atoms with Gasteiger partial charge in [0.15, 0.2) is 11.5 Å². The van der Waals surface area contributed by atoms with E-state index in [1.54, 1.807) is 59.4 Å². The van der Waals surface area contributed by atoms with E-state index in [-0.39, 0.29) is 36.5 Å². The van der Waals surface area contributed by atoms with Crippen molar-refractivity contribution in [1.82, 2.24) is 19.5 Å². The van der Waals surface area contributed by atoms with Crippen molar-refractivity contribution in [3.8, 4) is 11.5 Å². The van der Waals surface area contributed by atoms with Crippen molar-refractivity contribution < 1.29 is 37.8 Å². The Hall–Kier alpha value is -3.85. The zero-order valence-electron chi connectivity index (χ0n) is 28.4. The Morgan fingerprint density at radius 1 is 0.902 bits per heavy atom. The minimum atomic E-state index is -3.98. The van der Waals surface area contributed by atoms with Crippen LogP contribution in [0.15, 0.2) is 61.2 Å². The molecule has 0 aliphatic carbocycles. The molecule has 0 amide bonds. The number of unbranched alkanes of at least 4 members (excludes halogenated alkanes) is 7. The number of nitrogens with two attached hydrogens (primary N) is 2. The molecule has 1 aliphatic rings. The first-order valence-corrected chi connectivity index (χ1v) is 20.4. The first kappa shape index (κ1) is 38.4. The first-order valence-electron chi connectivity index (χ1n) is 17.2. The maximum absolute atomic E-state index is 12.7. The normalized spacial score (nSPS) is 17.0. The number of anilines is 1. The third kappa shape index (κ3) is 11.8. The third-order valence-corrected chi connectivity index (χ3v) is 11.3. The predicted molar refractivity (Wildman–Crippen MR) is 194 cm³/mol. The Kier molecular flexibility index (Phi) is 14.4. The number of carbonyl (C=O) groups excluding carboxylic acids is 2. The SMILES string of the molecule is NCCCCCCCCCCC(=O)Oc1ccc(C(=O)Oc2ccc(CSP(=O)(O)OC[C@@H]3CC[C@H](n4cnc5c(N)ncnc54)O3)cc2)cc1. The van der Waals surface area contributed by atoms with Crippen LogP contribution in [0.1, 0.15) is 92.8 Å². The van der Waals surface area contributed by atoms with Gasteiger partial charge in [-0.05, 0) is 85.6 Å². The standard InChI is InChI=1S/C35H45N6O8PS/c36-20-8-6-4-2-1-3-5-7-9-31(42)48-27-16-12-26(13-17-27)35(43)49-28-14-10-25(11-15-28)22-51-50(44,45)46-21-29-18-19-30(47-29)41-24-40-32-33(37)38-23-39-34(32)41/h10-17,23-24,29-30H,1-9,18-22,36H2,(H,44,45)(H2,37,38,39)/t29-,30+/m0/s1. The van der Waals surface area contributed by atoms with Crippen LogP contribution in [0.3, 0.4) is 0 Å². The first-order chi connectivity index (χ1) is 24.7. The summed E-state index contributed by atoms with van der Waals surface area (Å²) >= 11 is 0.790. The number of nitrogen functional groups attached to an aromatic ring is 1. The van der Waals surface area contributed by atoms with Crippen LogP contribution in [0, 0.1) is 0 Å². The molecule has 3 atom stereocenters. The summed E-state index contributed by atoms with van der Waals surface area (Å²) in [4.78, 5) is 47.8. The number of fused-ring (bicyclic) bond motifs is 1. The van der Waals surface area contributed by atoms with Gasteiger partial charge in [-0.25, -0.2) is 24.3 Å². The largest absolute Gasteiger partial charge is 0.427 e. The Morgan fingerprint density at radius 2 is 1.57 bits per heavy atom. The molecule has 2 aromatic heterocycles. The fraction of sp³-hybridized carbons (Fsp3) is 0.457. The highest BCUT2D eigenvalue weighted by molar-refractivity contribution is 8.54. The highest BCUT2D eigenvalue weighted by atomic mass is 32.7. The number of nitrogens with zero attached hydrogens (tertiary/aromatic N) is 4. The van der Waals surface area contributed by atoms with Crippen molar-refractivity contribution in [2.45, 2.75) is 88.7 Å². The predicted octanol–water partition coefficient (Wildman–Crippen LogP) is 6.73. The molecule has 14 nitrogen and oxygen atoms in total. The molecule has 4 aromatic rings. The van der Waals surface area contributed by atoms with E-state index in [2.05, 4.69) is 15.0 Å². The average molecular weight is 741 g/mol. The van der Waals surface area contributed by atoms with Gasteiger partial charge in [-0.3, -0.25) is 13.9 Å². The zero-order chi connectivity index (χ0) is 36.1. The average Bonchev–Trinajstić information content (AvgIpc) is 3.78. The van der Waals surface area contributed by atoms with Crippen LogP contribution in [-0.2, 0) is 24.4 Å². The number of rotatable bonds is 20. The molecular formula is C35H45N6O8PS. The Bertz CT molecular complexity index is 1770. The molecule has 0 spiro atoms. The molecule has 1 fully saturated rings. The van der Waals surface area contributed by atoms with Crippen molar-refractivity contribution >= 4 is 47.1 Å². The number of hydrogen-bond donors (Lipinski definition) is 3. The van der Waals surface area contributed by atoms with Crippen molar-refractivity contribution in [3.05, 3.63) is 72.3 Å². The number of imidazole rings is 1. The zero-order valence-corrected chi connectivity index (χ0v) is 30.1. The van der Waals surface area contributed by atoms with Crippen LogP contribution in [0.4, 0.5) is 5.82 Å². The molecule has 1 aliphatic heterocycles. The Balaban J connectivity index is 0.977. The van der Waals surface area contributed by atoms with E-state index in [1.165, 1.54) is 32.0 Å². The van der Waals surface area contributed by atoms with E-state index >= 15 is 0 Å². The maximum atomic E-state index is 12.7. The molecule has 2 aromatic carbocycles. The third-order valence-electron chi connectivity index (χ3n) is 8.39.